The average Bonchev–Trinajstić information content (AvgIpc) is 2.76. The zero-order valence-corrected chi connectivity index (χ0v) is 9.10. The van der Waals surface area contributed by atoms with Gasteiger partial charge in [0, 0.05) is 6.07 Å². The summed E-state index contributed by atoms with van der Waals surface area (Å²) in [6.45, 7) is -0.217. The Hall–Kier alpha value is -2.55. The molecule has 0 N–H and O–H groups in total. The molecule has 90 valence electrons. The number of nitrogens with zero attached hydrogens (tertiary/aromatic N) is 3. The van der Waals surface area contributed by atoms with Crippen molar-refractivity contribution in [1.82, 2.24) is 9.55 Å². The van der Waals surface area contributed by atoms with Crippen molar-refractivity contribution in [2.45, 2.75) is 6.54 Å². The number of carbonyl (C=O) groups excluding carboxylic acids is 1. The summed E-state index contributed by atoms with van der Waals surface area (Å²) in [5.74, 6) is -2.22. The molecule has 1 aromatic heterocycles. The van der Waals surface area contributed by atoms with E-state index in [-0.39, 0.29) is 17.8 Å². The Bertz CT molecular complexity index is 643. The molecule has 0 radical (unpaired) electrons. The van der Waals surface area contributed by atoms with Crippen LogP contribution >= 0.6 is 0 Å². The van der Waals surface area contributed by atoms with Gasteiger partial charge in [0.05, 0.1) is 24.6 Å². The largest absolute Gasteiger partial charge is 0.315 e. The van der Waals surface area contributed by atoms with E-state index in [1.165, 1.54) is 17.1 Å². The molecule has 0 atom stereocenters. The number of carbonyl (C=O) groups is 1. The summed E-state index contributed by atoms with van der Waals surface area (Å²) >= 11 is 0. The number of aromatic nitrogens is 2. The molecule has 2 aromatic rings. The lowest BCUT2D eigenvalue weighted by atomic mass is 10.1. The lowest BCUT2D eigenvalue weighted by Gasteiger charge is -2.04. The molecule has 6 heteroatoms. The minimum absolute atomic E-state index is 0.200. The second kappa shape index (κ2) is 4.75. The van der Waals surface area contributed by atoms with E-state index < -0.39 is 17.4 Å². The normalized spacial score (nSPS) is 10.1. The molecule has 0 saturated heterocycles. The van der Waals surface area contributed by atoms with Crippen LogP contribution in [-0.2, 0) is 6.54 Å². The maximum Gasteiger partial charge on any atom is 0.185 e. The molecule has 4 nitrogen and oxygen atoms in total. The highest BCUT2D eigenvalue weighted by Crippen LogP contribution is 2.11. The third-order valence-corrected chi connectivity index (χ3v) is 2.37. The molecule has 1 aromatic carbocycles. The van der Waals surface area contributed by atoms with E-state index in [1.54, 1.807) is 0 Å². The first-order chi connectivity index (χ1) is 8.61. The molecule has 0 fully saturated rings. The van der Waals surface area contributed by atoms with Crippen molar-refractivity contribution in [2.75, 3.05) is 0 Å². The number of hydrogen-bond acceptors (Lipinski definition) is 3. The molecule has 18 heavy (non-hydrogen) atoms. The first-order valence-corrected chi connectivity index (χ1v) is 5.00. The highest BCUT2D eigenvalue weighted by Gasteiger charge is 2.14. The highest BCUT2D eigenvalue weighted by atomic mass is 19.1. The van der Waals surface area contributed by atoms with E-state index in [4.69, 9.17) is 5.26 Å². The molecule has 0 spiro atoms. The van der Waals surface area contributed by atoms with Gasteiger partial charge in [0.1, 0.15) is 23.4 Å². The zero-order chi connectivity index (χ0) is 13.1. The first-order valence-electron chi connectivity index (χ1n) is 5.00. The van der Waals surface area contributed by atoms with Gasteiger partial charge in [-0.2, -0.15) is 5.26 Å². The van der Waals surface area contributed by atoms with Crippen molar-refractivity contribution in [3.05, 3.63) is 53.6 Å². The Morgan fingerprint density at radius 1 is 1.44 bits per heavy atom. The molecule has 0 aliphatic heterocycles. The Balaban J connectivity index is 2.25. The van der Waals surface area contributed by atoms with Gasteiger partial charge in [-0.1, -0.05) is 0 Å². The van der Waals surface area contributed by atoms with Gasteiger partial charge in [0.15, 0.2) is 5.78 Å². The van der Waals surface area contributed by atoms with Crippen LogP contribution in [0.1, 0.15) is 16.1 Å². The lowest BCUT2D eigenvalue weighted by Crippen LogP contribution is -2.12. The van der Waals surface area contributed by atoms with Gasteiger partial charge < -0.3 is 4.57 Å². The van der Waals surface area contributed by atoms with Crippen molar-refractivity contribution < 1.29 is 13.6 Å². The summed E-state index contributed by atoms with van der Waals surface area (Å²) < 4.78 is 27.4. The Morgan fingerprint density at radius 3 is 2.89 bits per heavy atom. The van der Waals surface area contributed by atoms with E-state index in [9.17, 15) is 13.6 Å². The number of Topliss-reactive ketones (excluding diaryl/α,β-unsaturated/α-hetero) is 1. The smallest absolute Gasteiger partial charge is 0.185 e. The van der Waals surface area contributed by atoms with Gasteiger partial charge in [-0.05, 0) is 12.1 Å². The Labute approximate surface area is 101 Å². The Morgan fingerprint density at radius 2 is 2.22 bits per heavy atom. The fraction of sp³-hybridized carbons (Fsp3) is 0.0833. The number of rotatable bonds is 3. The molecule has 0 saturated carbocycles. The van der Waals surface area contributed by atoms with Gasteiger partial charge in [0.2, 0.25) is 0 Å². The number of hydrogen-bond donors (Lipinski definition) is 0. The lowest BCUT2D eigenvalue weighted by molar-refractivity contribution is 0.0967. The van der Waals surface area contributed by atoms with Crippen LogP contribution in [0.15, 0.2) is 30.7 Å². The SMILES string of the molecule is N#Cc1cncn1CC(=O)c1ccc(F)cc1F. The summed E-state index contributed by atoms with van der Waals surface area (Å²) in [5, 5.41) is 8.74. The minimum atomic E-state index is -0.918. The van der Waals surface area contributed by atoms with Gasteiger partial charge >= 0.3 is 0 Å². The first kappa shape index (κ1) is 11.9. The minimum Gasteiger partial charge on any atom is -0.315 e. The second-order valence-corrected chi connectivity index (χ2v) is 3.57. The quantitative estimate of drug-likeness (QED) is 0.778. The molecule has 0 unspecified atom stereocenters. The Kier molecular flexibility index (Phi) is 3.15. The fourth-order valence-corrected chi connectivity index (χ4v) is 1.50. The van der Waals surface area contributed by atoms with Crippen molar-refractivity contribution >= 4 is 5.78 Å². The number of halogens is 2. The summed E-state index contributed by atoms with van der Waals surface area (Å²) in [6, 6.07) is 4.58. The van der Waals surface area contributed by atoms with E-state index in [2.05, 4.69) is 4.98 Å². The van der Waals surface area contributed by atoms with Gasteiger partial charge in [0.25, 0.3) is 0 Å². The van der Waals surface area contributed by atoms with Crippen LogP contribution in [0.25, 0.3) is 0 Å². The summed E-state index contributed by atoms with van der Waals surface area (Å²) in [6.07, 6.45) is 2.60. The molecule has 1 heterocycles. The average molecular weight is 247 g/mol. The van der Waals surface area contributed by atoms with Crippen molar-refractivity contribution in [1.29, 1.82) is 5.26 Å². The maximum absolute atomic E-state index is 13.4. The van der Waals surface area contributed by atoms with Crippen LogP contribution < -0.4 is 0 Å². The van der Waals surface area contributed by atoms with Gasteiger partial charge in [-0.3, -0.25) is 4.79 Å². The number of nitriles is 1. The predicted octanol–water partition coefficient (Wildman–Crippen LogP) is 1.92. The molecule has 0 aliphatic carbocycles. The van der Waals surface area contributed by atoms with Crippen LogP contribution in [0.5, 0.6) is 0 Å². The monoisotopic (exact) mass is 247 g/mol. The third-order valence-electron chi connectivity index (χ3n) is 2.37. The second-order valence-electron chi connectivity index (χ2n) is 3.57. The molecule has 0 bridgehead atoms. The molecule has 0 amide bonds. The summed E-state index contributed by atoms with van der Waals surface area (Å²) in [5.41, 5.74) is -0.0140. The van der Waals surface area contributed by atoms with Gasteiger partial charge in [-0.25, -0.2) is 13.8 Å². The number of imidazole rings is 1. The van der Waals surface area contributed by atoms with E-state index in [0.29, 0.717) is 6.07 Å². The molecule has 0 aliphatic rings. The zero-order valence-electron chi connectivity index (χ0n) is 9.10. The van der Waals surface area contributed by atoms with Crippen LogP contribution in [0.3, 0.4) is 0 Å². The van der Waals surface area contributed by atoms with Crippen LogP contribution in [0.2, 0.25) is 0 Å². The summed E-state index contributed by atoms with van der Waals surface area (Å²) in [7, 11) is 0. The standard InChI is InChI=1S/C12H7F2N3O/c13-8-1-2-10(11(14)3-8)12(18)6-17-7-16-5-9(17)4-15/h1-3,5,7H,6H2. The topological polar surface area (TPSA) is 58.7 Å². The summed E-state index contributed by atoms with van der Waals surface area (Å²) in [4.78, 5) is 15.5. The van der Waals surface area contributed by atoms with E-state index in [0.717, 1.165) is 12.1 Å². The third kappa shape index (κ3) is 2.25. The molecular weight excluding hydrogens is 240 g/mol. The predicted molar refractivity (Wildman–Crippen MR) is 57.6 cm³/mol. The molecule has 2 rings (SSSR count). The number of ketones is 1. The van der Waals surface area contributed by atoms with Crippen molar-refractivity contribution in [3.63, 3.8) is 0 Å². The van der Waals surface area contributed by atoms with Crippen molar-refractivity contribution in [2.24, 2.45) is 0 Å². The highest BCUT2D eigenvalue weighted by molar-refractivity contribution is 5.96. The van der Waals surface area contributed by atoms with E-state index >= 15 is 0 Å². The maximum atomic E-state index is 13.4. The van der Waals surface area contributed by atoms with Crippen LogP contribution in [0, 0.1) is 23.0 Å². The van der Waals surface area contributed by atoms with Crippen molar-refractivity contribution in [3.8, 4) is 6.07 Å². The van der Waals surface area contributed by atoms with E-state index in [1.807, 2.05) is 6.07 Å². The van der Waals surface area contributed by atoms with Crippen LogP contribution in [-0.4, -0.2) is 15.3 Å². The molecular formula is C12H7F2N3O. The fourth-order valence-electron chi connectivity index (χ4n) is 1.50. The van der Waals surface area contributed by atoms with Crippen LogP contribution in [0.4, 0.5) is 8.78 Å². The number of benzene rings is 1. The van der Waals surface area contributed by atoms with Gasteiger partial charge in [-0.15, -0.1) is 0 Å².